The number of hydrogen-bond acceptors (Lipinski definition) is 5. The van der Waals surface area contributed by atoms with Crippen molar-refractivity contribution >= 4 is 5.88 Å². The summed E-state index contributed by atoms with van der Waals surface area (Å²) < 4.78 is 10.5. The Labute approximate surface area is 86.4 Å². The number of ether oxygens (including phenoxy) is 1. The van der Waals surface area contributed by atoms with Crippen molar-refractivity contribution in [2.45, 2.75) is 19.1 Å². The summed E-state index contributed by atoms with van der Waals surface area (Å²) >= 11 is 0. The molecule has 1 aromatic rings. The Balaban J connectivity index is 1.84. The lowest BCUT2D eigenvalue weighted by atomic mass is 10.3. The summed E-state index contributed by atoms with van der Waals surface area (Å²) in [4.78, 5) is 9.78. The molecule has 1 aliphatic rings. The molecular weight excluding hydrogens is 200 g/mol. The van der Waals surface area contributed by atoms with Crippen molar-refractivity contribution in [2.75, 3.05) is 13.1 Å². The van der Waals surface area contributed by atoms with Crippen LogP contribution in [0.4, 0.5) is 5.88 Å². The lowest BCUT2D eigenvalue weighted by molar-refractivity contribution is -0.402. The quantitative estimate of drug-likeness (QED) is 0.596. The molecule has 1 aromatic heterocycles. The van der Waals surface area contributed by atoms with Gasteiger partial charge in [-0.05, 0) is 19.0 Å². The molecule has 0 aromatic carbocycles. The lowest BCUT2D eigenvalue weighted by Crippen LogP contribution is -2.16. The Bertz CT molecular complexity index is 344. The SMILES string of the molecule is O=[N+]([O-])c1ccc(COC2CCNC2)o1. The highest BCUT2D eigenvalue weighted by Gasteiger charge is 2.17. The predicted molar refractivity (Wildman–Crippen MR) is 51.4 cm³/mol. The van der Waals surface area contributed by atoms with Gasteiger partial charge in [0.15, 0.2) is 0 Å². The normalized spacial score (nSPS) is 20.7. The molecule has 1 atom stereocenters. The first-order chi connectivity index (χ1) is 7.25. The van der Waals surface area contributed by atoms with Gasteiger partial charge in [0, 0.05) is 6.54 Å². The maximum absolute atomic E-state index is 10.3. The Morgan fingerprint density at radius 2 is 2.53 bits per heavy atom. The topological polar surface area (TPSA) is 77.5 Å². The standard InChI is InChI=1S/C9H12N2O4/c12-11(13)9-2-1-8(15-9)6-14-7-3-4-10-5-7/h1-2,7,10H,3-6H2. The summed E-state index contributed by atoms with van der Waals surface area (Å²) in [6.45, 7) is 2.09. The van der Waals surface area contributed by atoms with Crippen molar-refractivity contribution in [3.63, 3.8) is 0 Å². The van der Waals surface area contributed by atoms with Crippen LogP contribution < -0.4 is 5.32 Å². The lowest BCUT2D eigenvalue weighted by Gasteiger charge is -2.07. The van der Waals surface area contributed by atoms with E-state index in [1.165, 1.54) is 6.07 Å². The number of hydrogen-bond donors (Lipinski definition) is 1. The van der Waals surface area contributed by atoms with Gasteiger partial charge >= 0.3 is 5.88 Å². The van der Waals surface area contributed by atoms with E-state index in [4.69, 9.17) is 9.15 Å². The van der Waals surface area contributed by atoms with Crippen molar-refractivity contribution in [1.82, 2.24) is 5.32 Å². The maximum Gasteiger partial charge on any atom is 0.433 e. The van der Waals surface area contributed by atoms with Crippen LogP contribution in [0.5, 0.6) is 0 Å². The third-order valence-electron chi connectivity index (χ3n) is 2.30. The molecule has 1 N–H and O–H groups in total. The van der Waals surface area contributed by atoms with Crippen molar-refractivity contribution in [3.8, 4) is 0 Å². The zero-order chi connectivity index (χ0) is 10.7. The maximum atomic E-state index is 10.3. The van der Waals surface area contributed by atoms with Crippen molar-refractivity contribution in [2.24, 2.45) is 0 Å². The van der Waals surface area contributed by atoms with Gasteiger partial charge in [-0.1, -0.05) is 0 Å². The summed E-state index contributed by atoms with van der Waals surface area (Å²) in [6, 6.07) is 2.91. The first kappa shape index (κ1) is 10.1. The van der Waals surface area contributed by atoms with Crippen LogP contribution >= 0.6 is 0 Å². The van der Waals surface area contributed by atoms with Crippen molar-refractivity contribution < 1.29 is 14.1 Å². The minimum Gasteiger partial charge on any atom is -0.403 e. The second-order valence-electron chi connectivity index (χ2n) is 3.42. The van der Waals surface area contributed by atoms with E-state index in [0.717, 1.165) is 19.5 Å². The summed E-state index contributed by atoms with van der Waals surface area (Å²) in [6.07, 6.45) is 1.16. The Kier molecular flexibility index (Phi) is 2.98. The molecule has 15 heavy (non-hydrogen) atoms. The number of nitro groups is 1. The van der Waals surface area contributed by atoms with Gasteiger partial charge in [0.25, 0.3) is 0 Å². The highest BCUT2D eigenvalue weighted by atomic mass is 16.6. The summed E-state index contributed by atoms with van der Waals surface area (Å²) in [5.74, 6) is 0.256. The molecule has 0 aliphatic carbocycles. The highest BCUT2D eigenvalue weighted by Crippen LogP contribution is 2.17. The van der Waals surface area contributed by atoms with Gasteiger partial charge in [0.2, 0.25) is 0 Å². The van der Waals surface area contributed by atoms with E-state index in [-0.39, 0.29) is 12.0 Å². The molecule has 1 fully saturated rings. The zero-order valence-electron chi connectivity index (χ0n) is 8.14. The van der Waals surface area contributed by atoms with Crippen molar-refractivity contribution in [1.29, 1.82) is 0 Å². The fourth-order valence-electron chi connectivity index (χ4n) is 1.51. The molecule has 1 unspecified atom stereocenters. The van der Waals surface area contributed by atoms with E-state index in [0.29, 0.717) is 12.4 Å². The number of nitrogens with zero attached hydrogens (tertiary/aromatic N) is 1. The van der Waals surface area contributed by atoms with Crippen LogP contribution in [0, 0.1) is 10.1 Å². The van der Waals surface area contributed by atoms with E-state index < -0.39 is 4.92 Å². The molecule has 1 aliphatic heterocycles. The van der Waals surface area contributed by atoms with Gasteiger partial charge < -0.3 is 14.5 Å². The Hall–Kier alpha value is -1.40. The average Bonchev–Trinajstić information content (AvgIpc) is 2.86. The van der Waals surface area contributed by atoms with Crippen LogP contribution in [0.1, 0.15) is 12.2 Å². The van der Waals surface area contributed by atoms with Gasteiger partial charge in [0.05, 0.1) is 12.2 Å². The second-order valence-corrected chi connectivity index (χ2v) is 3.42. The average molecular weight is 212 g/mol. The smallest absolute Gasteiger partial charge is 0.403 e. The summed E-state index contributed by atoms with van der Waals surface area (Å²) in [7, 11) is 0. The fraction of sp³-hybridized carbons (Fsp3) is 0.556. The molecule has 2 rings (SSSR count). The third kappa shape index (κ3) is 2.54. The van der Waals surface area contributed by atoms with Crippen LogP contribution in [0.15, 0.2) is 16.5 Å². The number of furan rings is 1. The van der Waals surface area contributed by atoms with Gasteiger partial charge in [-0.15, -0.1) is 0 Å². The predicted octanol–water partition coefficient (Wildman–Crippen LogP) is 1.07. The van der Waals surface area contributed by atoms with E-state index in [1.807, 2.05) is 0 Å². The van der Waals surface area contributed by atoms with Crippen LogP contribution in [0.3, 0.4) is 0 Å². The molecular formula is C9H12N2O4. The van der Waals surface area contributed by atoms with Crippen LogP contribution in [-0.2, 0) is 11.3 Å². The molecule has 0 bridgehead atoms. The number of nitrogens with one attached hydrogen (secondary N) is 1. The largest absolute Gasteiger partial charge is 0.433 e. The molecule has 2 heterocycles. The van der Waals surface area contributed by atoms with Crippen LogP contribution in [-0.4, -0.2) is 24.1 Å². The number of rotatable bonds is 4. The fourth-order valence-corrected chi connectivity index (χ4v) is 1.51. The highest BCUT2D eigenvalue weighted by molar-refractivity contribution is 5.17. The second kappa shape index (κ2) is 4.41. The molecule has 0 saturated carbocycles. The molecule has 0 radical (unpaired) electrons. The Morgan fingerprint density at radius 3 is 3.13 bits per heavy atom. The summed E-state index contributed by atoms with van der Waals surface area (Å²) in [5.41, 5.74) is 0. The van der Waals surface area contributed by atoms with E-state index in [2.05, 4.69) is 5.32 Å². The zero-order valence-corrected chi connectivity index (χ0v) is 8.14. The van der Waals surface area contributed by atoms with Crippen molar-refractivity contribution in [3.05, 3.63) is 28.0 Å². The van der Waals surface area contributed by atoms with Crippen LogP contribution in [0.2, 0.25) is 0 Å². The third-order valence-corrected chi connectivity index (χ3v) is 2.30. The van der Waals surface area contributed by atoms with Gasteiger partial charge in [0.1, 0.15) is 17.3 Å². The minimum atomic E-state index is -0.555. The molecule has 82 valence electrons. The first-order valence-corrected chi connectivity index (χ1v) is 4.81. The van der Waals surface area contributed by atoms with Crippen LogP contribution in [0.25, 0.3) is 0 Å². The van der Waals surface area contributed by atoms with E-state index in [9.17, 15) is 10.1 Å². The van der Waals surface area contributed by atoms with E-state index in [1.54, 1.807) is 6.07 Å². The molecule has 6 nitrogen and oxygen atoms in total. The van der Waals surface area contributed by atoms with Gasteiger partial charge in [-0.25, -0.2) is 0 Å². The first-order valence-electron chi connectivity index (χ1n) is 4.81. The summed E-state index contributed by atoms with van der Waals surface area (Å²) in [5, 5.41) is 13.5. The van der Waals surface area contributed by atoms with E-state index >= 15 is 0 Å². The molecule has 0 amide bonds. The van der Waals surface area contributed by atoms with Gasteiger partial charge in [-0.2, -0.15) is 0 Å². The molecule has 0 spiro atoms. The minimum absolute atomic E-state index is 0.189. The van der Waals surface area contributed by atoms with Gasteiger partial charge in [-0.3, -0.25) is 10.1 Å². The Morgan fingerprint density at radius 1 is 1.67 bits per heavy atom. The monoisotopic (exact) mass is 212 g/mol. The molecule has 6 heteroatoms. The molecule has 1 saturated heterocycles.